The summed E-state index contributed by atoms with van der Waals surface area (Å²) in [5.74, 6) is -0.749. The van der Waals surface area contributed by atoms with Crippen LogP contribution in [0.15, 0.2) is 53.1 Å². The van der Waals surface area contributed by atoms with Crippen LogP contribution in [0.5, 0.6) is 0 Å². The minimum atomic E-state index is -0.537. The molecule has 1 aliphatic rings. The zero-order valence-electron chi connectivity index (χ0n) is 15.7. The third-order valence-electron chi connectivity index (χ3n) is 4.45. The molecule has 0 saturated carbocycles. The second kappa shape index (κ2) is 8.91. The van der Waals surface area contributed by atoms with Gasteiger partial charge in [0.2, 0.25) is 5.91 Å². The minimum Gasteiger partial charge on any atom is -0.354 e. The zero-order chi connectivity index (χ0) is 21.1. The number of hydrogen-bond donors (Lipinski definition) is 1. The van der Waals surface area contributed by atoms with E-state index in [4.69, 9.17) is 23.2 Å². The molecule has 2 aromatic rings. The van der Waals surface area contributed by atoms with Crippen molar-refractivity contribution >= 4 is 52.5 Å². The van der Waals surface area contributed by atoms with Crippen LogP contribution < -0.4 is 10.2 Å². The molecule has 1 N–H and O–H groups in total. The molecule has 0 aromatic heterocycles. The van der Waals surface area contributed by atoms with Crippen molar-refractivity contribution < 1.29 is 9.59 Å². The molecule has 1 fully saturated rings. The van der Waals surface area contributed by atoms with E-state index in [9.17, 15) is 14.9 Å². The highest BCUT2D eigenvalue weighted by Crippen LogP contribution is 2.42. The molecule has 2 amide bonds. The maximum absolute atomic E-state index is 13.3. The molecule has 29 heavy (non-hydrogen) atoms. The van der Waals surface area contributed by atoms with Crippen LogP contribution in [0.2, 0.25) is 10.0 Å². The van der Waals surface area contributed by atoms with E-state index in [2.05, 4.69) is 5.32 Å². The largest absolute Gasteiger partial charge is 0.354 e. The Morgan fingerprint density at radius 2 is 1.93 bits per heavy atom. The molecular weight excluding hydrogens is 429 g/mol. The molecule has 0 spiro atoms. The number of likely N-dealkylation sites (N-methyl/N-ethyl adjacent to an activating group) is 1. The lowest BCUT2D eigenvalue weighted by atomic mass is 10.1. The van der Waals surface area contributed by atoms with E-state index < -0.39 is 11.2 Å². The average Bonchev–Trinajstić information content (AvgIpc) is 3.01. The van der Waals surface area contributed by atoms with Crippen molar-refractivity contribution in [3.05, 3.63) is 74.2 Å². The van der Waals surface area contributed by atoms with Crippen molar-refractivity contribution in [3.63, 3.8) is 0 Å². The zero-order valence-corrected chi connectivity index (χ0v) is 18.0. The second-order valence-electron chi connectivity index (χ2n) is 6.43. The van der Waals surface area contributed by atoms with Crippen molar-refractivity contribution in [1.82, 2.24) is 5.32 Å². The monoisotopic (exact) mass is 445 g/mol. The van der Waals surface area contributed by atoms with Crippen LogP contribution in [0.25, 0.3) is 0 Å². The summed E-state index contributed by atoms with van der Waals surface area (Å²) in [5, 5.41) is 12.8. The highest BCUT2D eigenvalue weighted by molar-refractivity contribution is 8.05. The molecule has 1 aliphatic heterocycles. The molecule has 1 heterocycles. The van der Waals surface area contributed by atoms with E-state index in [1.807, 2.05) is 25.1 Å². The highest BCUT2D eigenvalue weighted by Gasteiger charge is 2.40. The molecule has 2 aromatic carbocycles. The number of benzene rings is 2. The van der Waals surface area contributed by atoms with E-state index in [0.717, 1.165) is 11.1 Å². The first-order chi connectivity index (χ1) is 13.8. The molecule has 1 saturated heterocycles. The van der Waals surface area contributed by atoms with Gasteiger partial charge in [0.1, 0.15) is 16.7 Å². The fourth-order valence-electron chi connectivity index (χ4n) is 2.93. The second-order valence-corrected chi connectivity index (χ2v) is 8.46. The number of carbonyl (C=O) groups is 2. The van der Waals surface area contributed by atoms with Crippen LogP contribution in [-0.2, 0) is 16.0 Å². The number of nitriles is 1. The highest BCUT2D eigenvalue weighted by atomic mass is 35.5. The number of amides is 2. The third kappa shape index (κ3) is 4.43. The molecule has 148 valence electrons. The van der Waals surface area contributed by atoms with Crippen LogP contribution in [0.3, 0.4) is 0 Å². The summed E-state index contributed by atoms with van der Waals surface area (Å²) in [6.07, 6.45) is 0.345. The fourth-order valence-corrected chi connectivity index (χ4v) is 4.71. The predicted octanol–water partition coefficient (Wildman–Crippen LogP) is 4.47. The summed E-state index contributed by atoms with van der Waals surface area (Å²) >= 11 is 13.4. The van der Waals surface area contributed by atoms with E-state index in [0.29, 0.717) is 27.2 Å². The van der Waals surface area contributed by atoms with Gasteiger partial charge in [0.05, 0.1) is 5.25 Å². The van der Waals surface area contributed by atoms with Gasteiger partial charge in [-0.25, -0.2) is 0 Å². The van der Waals surface area contributed by atoms with Gasteiger partial charge in [-0.1, -0.05) is 58.7 Å². The first kappa shape index (κ1) is 21.3. The Bertz CT molecular complexity index is 1040. The van der Waals surface area contributed by atoms with Crippen molar-refractivity contribution in [3.8, 4) is 6.07 Å². The van der Waals surface area contributed by atoms with Gasteiger partial charge in [-0.05, 0) is 43.2 Å². The van der Waals surface area contributed by atoms with E-state index in [1.165, 1.54) is 23.7 Å². The van der Waals surface area contributed by atoms with Crippen LogP contribution in [0, 0.1) is 18.3 Å². The van der Waals surface area contributed by atoms with Gasteiger partial charge in [-0.2, -0.15) is 5.26 Å². The third-order valence-corrected chi connectivity index (χ3v) is 6.29. The Morgan fingerprint density at radius 1 is 1.24 bits per heavy atom. The predicted molar refractivity (Wildman–Crippen MR) is 117 cm³/mol. The summed E-state index contributed by atoms with van der Waals surface area (Å²) in [5.41, 5.74) is 2.31. The molecule has 0 aliphatic carbocycles. The number of rotatable bonds is 4. The molecule has 1 atom stereocenters. The van der Waals surface area contributed by atoms with Crippen LogP contribution in [0.1, 0.15) is 11.1 Å². The Hall–Kier alpha value is -2.46. The molecule has 1 unspecified atom stereocenters. The molecular formula is C21H17Cl2N3O2S. The van der Waals surface area contributed by atoms with Crippen LogP contribution in [-0.4, -0.2) is 24.1 Å². The summed E-state index contributed by atoms with van der Waals surface area (Å²) in [7, 11) is 1.45. The number of aryl methyl sites for hydroxylation is 1. The van der Waals surface area contributed by atoms with Crippen molar-refractivity contribution in [2.75, 3.05) is 11.9 Å². The van der Waals surface area contributed by atoms with E-state index in [-0.39, 0.29) is 11.5 Å². The topological polar surface area (TPSA) is 73.2 Å². The maximum atomic E-state index is 13.3. The van der Waals surface area contributed by atoms with Gasteiger partial charge in [0, 0.05) is 22.8 Å². The summed E-state index contributed by atoms with van der Waals surface area (Å²) in [4.78, 5) is 27.0. The number of nitrogens with one attached hydrogen (secondary N) is 1. The van der Waals surface area contributed by atoms with Gasteiger partial charge >= 0.3 is 0 Å². The van der Waals surface area contributed by atoms with Gasteiger partial charge in [0.25, 0.3) is 5.91 Å². The Labute approximate surface area is 183 Å². The number of nitrogens with zero attached hydrogens (tertiary/aromatic N) is 2. The van der Waals surface area contributed by atoms with Gasteiger partial charge in [-0.15, -0.1) is 0 Å². The Kier molecular flexibility index (Phi) is 6.53. The summed E-state index contributed by atoms with van der Waals surface area (Å²) < 4.78 is 0. The SMILES string of the molecule is CNC(=O)C(C#N)=C1SC(Cc2ccc(Cl)cc2Cl)C(=O)N1c1ccc(C)cc1. The summed E-state index contributed by atoms with van der Waals surface area (Å²) in [6, 6.07) is 14.4. The minimum absolute atomic E-state index is 0.101. The number of anilines is 1. The number of carbonyl (C=O) groups excluding carboxylic acids is 2. The smallest absolute Gasteiger partial charge is 0.264 e. The van der Waals surface area contributed by atoms with Crippen molar-refractivity contribution in [1.29, 1.82) is 5.26 Å². The normalized spacial score (nSPS) is 17.8. The molecule has 8 heteroatoms. The first-order valence-corrected chi connectivity index (χ1v) is 10.4. The van der Waals surface area contributed by atoms with Gasteiger partial charge < -0.3 is 5.32 Å². The van der Waals surface area contributed by atoms with Crippen LogP contribution in [0.4, 0.5) is 5.69 Å². The molecule has 0 bridgehead atoms. The average molecular weight is 446 g/mol. The Morgan fingerprint density at radius 3 is 2.52 bits per heavy atom. The number of hydrogen-bond acceptors (Lipinski definition) is 4. The number of thioether (sulfide) groups is 1. The van der Waals surface area contributed by atoms with Crippen LogP contribution >= 0.6 is 35.0 Å². The lowest BCUT2D eigenvalue weighted by Gasteiger charge is -2.18. The molecule has 0 radical (unpaired) electrons. The molecule has 5 nitrogen and oxygen atoms in total. The van der Waals surface area contributed by atoms with Crippen molar-refractivity contribution in [2.45, 2.75) is 18.6 Å². The Balaban J connectivity index is 2.05. The van der Waals surface area contributed by atoms with E-state index in [1.54, 1.807) is 30.3 Å². The first-order valence-electron chi connectivity index (χ1n) is 8.73. The van der Waals surface area contributed by atoms with Gasteiger partial charge in [0.15, 0.2) is 0 Å². The van der Waals surface area contributed by atoms with Gasteiger partial charge in [-0.3, -0.25) is 14.5 Å². The molecule has 3 rings (SSSR count). The van der Waals surface area contributed by atoms with Crippen molar-refractivity contribution in [2.24, 2.45) is 0 Å². The quantitative estimate of drug-likeness (QED) is 0.556. The summed E-state index contributed by atoms with van der Waals surface area (Å²) in [6.45, 7) is 1.94. The fraction of sp³-hybridized carbons (Fsp3) is 0.190. The lowest BCUT2D eigenvalue weighted by molar-refractivity contribution is -0.117. The standard InChI is InChI=1S/C21H17Cl2N3O2S/c1-12-3-7-15(8-4-12)26-20(28)18(9-13-5-6-14(22)10-17(13)23)29-21(26)16(11-24)19(27)25-2/h3-8,10,18H,9H2,1-2H3,(H,25,27). The lowest BCUT2D eigenvalue weighted by Crippen LogP contribution is -2.31. The van der Waals surface area contributed by atoms with E-state index >= 15 is 0 Å². The number of halogens is 2. The maximum Gasteiger partial charge on any atom is 0.264 e.